The van der Waals surface area contributed by atoms with Crippen LogP contribution in [0.1, 0.15) is 20.8 Å². The van der Waals surface area contributed by atoms with Gasteiger partial charge in [0.2, 0.25) is 11.8 Å². The maximum absolute atomic E-state index is 12.6. The molecule has 1 unspecified atom stereocenters. The van der Waals surface area contributed by atoms with Crippen molar-refractivity contribution < 1.29 is 124 Å². The van der Waals surface area contributed by atoms with Crippen LogP contribution in [0.2, 0.25) is 0 Å². The molecule has 0 aromatic heterocycles. The van der Waals surface area contributed by atoms with Crippen molar-refractivity contribution in [1.29, 1.82) is 0 Å². The number of aliphatic hydroxyl groups excluding tert-OH is 14. The van der Waals surface area contributed by atoms with Crippen LogP contribution in [0.15, 0.2) is 0 Å². The standard InChI is InChI=1S/C34H58N2O25/c1-8-17(43)21(47)24(50)32(53-8)61-29-22(48)18(44)11(4-37)56-34(29)60-28-16(36-10(3)42)31(55-13(6-39)20(28)46)58-26-14(7-40)57-33(25(51)23(26)49)59-27-15(35-9(2)41)30(52)54-12(5-38)19(27)45/h8,11-34,37-40,43-52H,4-7H2,1-3H3,(H,35,41)(H,36,42)/t8-,11+,12+,13+,14+,15+,16+,17+,18-,19-,20-,21+,22-,23+,24-,25+,26-,27+,28+,29+,30?,31-,32-,33+,34-/m0/s1. The number of ether oxygens (including phenoxy) is 9. The van der Waals surface area contributed by atoms with Crippen molar-refractivity contribution in [2.24, 2.45) is 0 Å². The Bertz CT molecular complexity index is 1420. The van der Waals surface area contributed by atoms with Gasteiger partial charge in [-0.1, -0.05) is 0 Å². The van der Waals surface area contributed by atoms with Crippen LogP contribution in [0, 0.1) is 0 Å². The van der Waals surface area contributed by atoms with Gasteiger partial charge in [-0.15, -0.1) is 0 Å². The average molecular weight is 895 g/mol. The van der Waals surface area contributed by atoms with Gasteiger partial charge >= 0.3 is 0 Å². The van der Waals surface area contributed by atoms with Crippen LogP contribution in [0.5, 0.6) is 0 Å². The van der Waals surface area contributed by atoms with Gasteiger partial charge in [0.25, 0.3) is 0 Å². The Morgan fingerprint density at radius 1 is 0.426 bits per heavy atom. The first-order chi connectivity index (χ1) is 28.8. The molecule has 5 saturated heterocycles. The van der Waals surface area contributed by atoms with Crippen molar-refractivity contribution in [2.75, 3.05) is 26.4 Å². The lowest BCUT2D eigenvalue weighted by Crippen LogP contribution is -2.70. The molecule has 61 heavy (non-hydrogen) atoms. The van der Waals surface area contributed by atoms with E-state index in [4.69, 9.17) is 42.6 Å². The Morgan fingerprint density at radius 3 is 1.41 bits per heavy atom. The highest BCUT2D eigenvalue weighted by Crippen LogP contribution is 2.36. The second-order valence-electron chi connectivity index (χ2n) is 15.4. The van der Waals surface area contributed by atoms with Crippen molar-refractivity contribution in [3.8, 4) is 0 Å². The predicted octanol–water partition coefficient (Wildman–Crippen LogP) is -10.6. The summed E-state index contributed by atoms with van der Waals surface area (Å²) in [6, 6.07) is -3.20. The van der Waals surface area contributed by atoms with Crippen LogP contribution in [0.25, 0.3) is 0 Å². The van der Waals surface area contributed by atoms with E-state index in [0.29, 0.717) is 0 Å². The number of amides is 2. The van der Waals surface area contributed by atoms with E-state index in [9.17, 15) is 81.1 Å². The highest BCUT2D eigenvalue weighted by atomic mass is 16.8. The Labute approximate surface area is 346 Å². The molecular formula is C34H58N2O25. The first kappa shape index (κ1) is 50.0. The van der Waals surface area contributed by atoms with Crippen LogP contribution >= 0.6 is 0 Å². The number of aliphatic hydroxyl groups is 14. The molecule has 25 atom stereocenters. The molecule has 0 bridgehead atoms. The topological polar surface area (TPSA) is 424 Å². The van der Waals surface area contributed by atoms with E-state index < -0.39 is 192 Å². The number of hydrogen-bond acceptors (Lipinski definition) is 25. The van der Waals surface area contributed by atoms with E-state index in [2.05, 4.69) is 10.6 Å². The zero-order valence-electron chi connectivity index (χ0n) is 33.0. The van der Waals surface area contributed by atoms with Crippen molar-refractivity contribution in [3.05, 3.63) is 0 Å². The zero-order valence-corrected chi connectivity index (χ0v) is 33.0. The second-order valence-corrected chi connectivity index (χ2v) is 15.4. The largest absolute Gasteiger partial charge is 0.394 e. The summed E-state index contributed by atoms with van der Waals surface area (Å²) in [5.74, 6) is -1.52. The van der Waals surface area contributed by atoms with Gasteiger partial charge in [-0.25, -0.2) is 0 Å². The molecule has 0 radical (unpaired) electrons. The van der Waals surface area contributed by atoms with Crippen molar-refractivity contribution >= 4 is 11.8 Å². The van der Waals surface area contributed by atoms with Crippen molar-refractivity contribution in [2.45, 2.75) is 174 Å². The Hall–Kier alpha value is -1.98. The minimum absolute atomic E-state index is 0.704. The van der Waals surface area contributed by atoms with Crippen molar-refractivity contribution in [3.63, 3.8) is 0 Å². The Kier molecular flexibility index (Phi) is 17.5. The van der Waals surface area contributed by atoms with Gasteiger partial charge in [0, 0.05) is 13.8 Å². The minimum Gasteiger partial charge on any atom is -0.394 e. The first-order valence-corrected chi connectivity index (χ1v) is 19.5. The molecule has 5 aliphatic heterocycles. The lowest BCUT2D eigenvalue weighted by molar-refractivity contribution is -0.388. The third-order valence-electron chi connectivity index (χ3n) is 11.1. The molecule has 5 rings (SSSR count). The third kappa shape index (κ3) is 10.8. The van der Waals surface area contributed by atoms with E-state index in [1.807, 2.05) is 0 Å². The van der Waals surface area contributed by atoms with Gasteiger partial charge in [0.1, 0.15) is 116 Å². The van der Waals surface area contributed by atoms with Crippen LogP contribution in [0.4, 0.5) is 0 Å². The molecule has 0 aromatic rings. The van der Waals surface area contributed by atoms with E-state index >= 15 is 0 Å². The second kappa shape index (κ2) is 21.3. The molecule has 0 saturated carbocycles. The van der Waals surface area contributed by atoms with E-state index in [-0.39, 0.29) is 0 Å². The summed E-state index contributed by atoms with van der Waals surface area (Å²) in [4.78, 5) is 24.5. The van der Waals surface area contributed by atoms with Gasteiger partial charge in [-0.2, -0.15) is 0 Å². The van der Waals surface area contributed by atoms with Crippen LogP contribution in [-0.2, 0) is 52.2 Å². The van der Waals surface area contributed by atoms with Crippen LogP contribution in [-0.4, -0.2) is 263 Å². The SMILES string of the molecule is CC(=O)N[C@H]1[C@H](O[C@@H]2[C@H](O)[C@@H](O)[C@@H](O[C@H]3[C@@H](O)[C@@H](CO)OC(O)[C@@H]3NC(C)=O)O[C@@H]2CO)O[C@H](CO)[C@H](O)[C@@H]1O[C@@H]1O[C@H](CO)[C@H](O)[C@H](O)[C@H]1O[C@@H]1O[C@@H](C)[C@@H](O)[C@@H](O)[C@@H]1O. The summed E-state index contributed by atoms with van der Waals surface area (Å²) in [7, 11) is 0. The van der Waals surface area contributed by atoms with Gasteiger partial charge in [-0.05, 0) is 6.92 Å². The number of nitrogens with one attached hydrogen (secondary N) is 2. The Balaban J connectivity index is 1.41. The van der Waals surface area contributed by atoms with E-state index in [0.717, 1.165) is 13.8 Å². The maximum atomic E-state index is 12.6. The minimum atomic E-state index is -2.11. The fourth-order valence-electron chi connectivity index (χ4n) is 7.76. The number of carbonyl (C=O) groups excluding carboxylic acids is 2. The molecule has 354 valence electrons. The zero-order chi connectivity index (χ0) is 45.2. The summed E-state index contributed by atoms with van der Waals surface area (Å²) in [5, 5.41) is 153. The quantitative estimate of drug-likeness (QED) is 0.0770. The summed E-state index contributed by atoms with van der Waals surface area (Å²) in [6.45, 7) is -0.233. The van der Waals surface area contributed by atoms with Gasteiger partial charge < -0.3 is 125 Å². The highest BCUT2D eigenvalue weighted by molar-refractivity contribution is 5.73. The Morgan fingerprint density at radius 2 is 0.836 bits per heavy atom. The molecule has 16 N–H and O–H groups in total. The van der Waals surface area contributed by atoms with E-state index in [1.54, 1.807) is 0 Å². The fraction of sp³-hybridized carbons (Fsp3) is 0.941. The molecule has 0 spiro atoms. The number of rotatable bonds is 14. The first-order valence-electron chi connectivity index (χ1n) is 19.5. The smallest absolute Gasteiger partial charge is 0.217 e. The lowest BCUT2D eigenvalue weighted by atomic mass is 9.94. The molecule has 5 heterocycles. The molecule has 0 aromatic carbocycles. The monoisotopic (exact) mass is 894 g/mol. The van der Waals surface area contributed by atoms with E-state index in [1.165, 1.54) is 6.92 Å². The van der Waals surface area contributed by atoms with Gasteiger partial charge in [0.05, 0.1) is 32.5 Å². The van der Waals surface area contributed by atoms with Crippen LogP contribution in [0.3, 0.4) is 0 Å². The molecule has 27 nitrogen and oxygen atoms in total. The maximum Gasteiger partial charge on any atom is 0.217 e. The molecule has 0 aliphatic carbocycles. The number of hydrogen-bond donors (Lipinski definition) is 16. The summed E-state index contributed by atoms with van der Waals surface area (Å²) >= 11 is 0. The van der Waals surface area contributed by atoms with Gasteiger partial charge in [0.15, 0.2) is 31.5 Å². The summed E-state index contributed by atoms with van der Waals surface area (Å²) < 4.78 is 51.3. The normalized spacial score (nSPS) is 49.6. The third-order valence-corrected chi connectivity index (χ3v) is 11.1. The molecule has 27 heteroatoms. The summed E-state index contributed by atoms with van der Waals surface area (Å²) in [5.41, 5.74) is 0. The van der Waals surface area contributed by atoms with Crippen LogP contribution < -0.4 is 10.6 Å². The van der Waals surface area contributed by atoms with Gasteiger partial charge in [-0.3, -0.25) is 9.59 Å². The fourth-order valence-corrected chi connectivity index (χ4v) is 7.76. The molecular weight excluding hydrogens is 836 g/mol. The van der Waals surface area contributed by atoms with Crippen molar-refractivity contribution in [1.82, 2.24) is 10.6 Å². The lowest BCUT2D eigenvalue weighted by Gasteiger charge is -2.50. The number of carbonyl (C=O) groups is 2. The molecule has 5 aliphatic rings. The predicted molar refractivity (Wildman–Crippen MR) is 188 cm³/mol. The highest BCUT2D eigenvalue weighted by Gasteiger charge is 2.57. The average Bonchev–Trinajstić information content (AvgIpc) is 3.22. The molecule has 5 fully saturated rings. The molecule has 2 amide bonds. The summed E-state index contributed by atoms with van der Waals surface area (Å²) in [6.07, 6.45) is -41.1.